The zero-order valence-electron chi connectivity index (χ0n) is 14.1. The summed E-state index contributed by atoms with van der Waals surface area (Å²) in [7, 11) is 1.66. The summed E-state index contributed by atoms with van der Waals surface area (Å²) in [5.41, 5.74) is 3.37. The molecule has 0 bridgehead atoms. The van der Waals surface area contributed by atoms with Gasteiger partial charge in [0, 0.05) is 6.04 Å². The molecule has 0 spiro atoms. The smallest absolute Gasteiger partial charge is 0.224 e. The first-order chi connectivity index (χ1) is 11.1. The predicted octanol–water partition coefficient (Wildman–Crippen LogP) is 3.68. The summed E-state index contributed by atoms with van der Waals surface area (Å²) < 4.78 is 5.24. The molecule has 1 atom stereocenters. The van der Waals surface area contributed by atoms with Crippen molar-refractivity contribution < 1.29 is 9.53 Å². The normalized spacial score (nSPS) is 11.8. The average Bonchev–Trinajstić information content (AvgIpc) is 2.54. The number of hydrogen-bond donors (Lipinski definition) is 1. The van der Waals surface area contributed by atoms with Gasteiger partial charge in [-0.2, -0.15) is 0 Å². The zero-order chi connectivity index (χ0) is 16.7. The number of carbonyl (C=O) groups is 1. The highest BCUT2D eigenvalue weighted by atomic mass is 16.5. The van der Waals surface area contributed by atoms with E-state index in [1.165, 1.54) is 5.56 Å². The third-order valence-electron chi connectivity index (χ3n) is 3.94. The summed E-state index contributed by atoms with van der Waals surface area (Å²) in [6, 6.07) is 16.4. The van der Waals surface area contributed by atoms with Crippen molar-refractivity contribution in [3.63, 3.8) is 0 Å². The second-order valence-corrected chi connectivity index (χ2v) is 5.97. The summed E-state index contributed by atoms with van der Waals surface area (Å²) in [5.74, 6) is 0.917. The minimum Gasteiger partial charge on any atom is -0.496 e. The van der Waals surface area contributed by atoms with E-state index in [2.05, 4.69) is 24.4 Å². The van der Waals surface area contributed by atoms with Crippen LogP contribution in [0.1, 0.15) is 30.0 Å². The lowest BCUT2D eigenvalue weighted by molar-refractivity contribution is -0.121. The van der Waals surface area contributed by atoms with Crippen molar-refractivity contribution in [2.45, 2.75) is 39.2 Å². The van der Waals surface area contributed by atoms with Gasteiger partial charge >= 0.3 is 0 Å². The van der Waals surface area contributed by atoms with Gasteiger partial charge in [0.2, 0.25) is 5.91 Å². The fourth-order valence-corrected chi connectivity index (χ4v) is 2.66. The molecule has 2 aromatic rings. The quantitative estimate of drug-likeness (QED) is 0.847. The number of amides is 1. The van der Waals surface area contributed by atoms with Crippen LogP contribution in [0.4, 0.5) is 0 Å². The lowest BCUT2D eigenvalue weighted by atomic mass is 10.1. The Labute approximate surface area is 138 Å². The Kier molecular flexibility index (Phi) is 6.21. The Balaban J connectivity index is 1.80. The molecule has 0 saturated heterocycles. The number of hydrogen-bond acceptors (Lipinski definition) is 2. The molecular weight excluding hydrogens is 286 g/mol. The summed E-state index contributed by atoms with van der Waals surface area (Å²) in [6.07, 6.45) is 2.32. The van der Waals surface area contributed by atoms with Gasteiger partial charge in [0.05, 0.1) is 13.5 Å². The van der Waals surface area contributed by atoms with E-state index in [1.54, 1.807) is 7.11 Å². The number of ether oxygens (including phenoxy) is 1. The van der Waals surface area contributed by atoms with Crippen molar-refractivity contribution in [1.82, 2.24) is 5.32 Å². The van der Waals surface area contributed by atoms with Crippen molar-refractivity contribution in [2.75, 3.05) is 7.11 Å². The molecule has 0 aromatic heterocycles. The number of carbonyl (C=O) groups excluding carboxylic acids is 1. The first-order valence-electron chi connectivity index (χ1n) is 8.05. The highest BCUT2D eigenvalue weighted by Crippen LogP contribution is 2.18. The minimum absolute atomic E-state index is 0.0649. The lowest BCUT2D eigenvalue weighted by Gasteiger charge is -2.14. The van der Waals surface area contributed by atoms with Gasteiger partial charge in [0.1, 0.15) is 5.75 Å². The highest BCUT2D eigenvalue weighted by Gasteiger charge is 2.09. The van der Waals surface area contributed by atoms with Crippen molar-refractivity contribution in [1.29, 1.82) is 0 Å². The minimum atomic E-state index is 0.0649. The zero-order valence-corrected chi connectivity index (χ0v) is 14.1. The van der Waals surface area contributed by atoms with Gasteiger partial charge in [-0.15, -0.1) is 0 Å². The Morgan fingerprint density at radius 1 is 1.13 bits per heavy atom. The molecule has 122 valence electrons. The molecule has 1 unspecified atom stereocenters. The highest BCUT2D eigenvalue weighted by molar-refractivity contribution is 5.78. The first-order valence-corrected chi connectivity index (χ1v) is 8.05. The molecule has 2 rings (SSSR count). The van der Waals surface area contributed by atoms with Crippen LogP contribution in [0.15, 0.2) is 48.5 Å². The average molecular weight is 311 g/mol. The second kappa shape index (κ2) is 8.37. The van der Waals surface area contributed by atoms with Gasteiger partial charge < -0.3 is 10.1 Å². The van der Waals surface area contributed by atoms with Gasteiger partial charge in [-0.25, -0.2) is 0 Å². The second-order valence-electron chi connectivity index (χ2n) is 5.97. The third-order valence-corrected chi connectivity index (χ3v) is 3.94. The maximum Gasteiger partial charge on any atom is 0.224 e. The number of benzene rings is 2. The van der Waals surface area contributed by atoms with E-state index in [0.29, 0.717) is 6.42 Å². The predicted molar refractivity (Wildman–Crippen MR) is 93.8 cm³/mol. The topological polar surface area (TPSA) is 38.3 Å². The Morgan fingerprint density at radius 3 is 2.52 bits per heavy atom. The van der Waals surface area contributed by atoms with Crippen LogP contribution < -0.4 is 10.1 Å². The Hall–Kier alpha value is -2.29. The van der Waals surface area contributed by atoms with E-state index in [9.17, 15) is 4.79 Å². The number of nitrogens with one attached hydrogen (secondary N) is 1. The van der Waals surface area contributed by atoms with E-state index in [4.69, 9.17) is 4.74 Å². The molecule has 23 heavy (non-hydrogen) atoms. The van der Waals surface area contributed by atoms with Crippen LogP contribution in [-0.4, -0.2) is 19.1 Å². The SMILES string of the molecule is COc1ccc(CC(=O)NC(C)CCc2ccccc2)cc1C. The number of aryl methyl sites for hydroxylation is 2. The monoisotopic (exact) mass is 311 g/mol. The van der Waals surface area contributed by atoms with E-state index >= 15 is 0 Å². The van der Waals surface area contributed by atoms with Gasteiger partial charge in [-0.1, -0.05) is 42.5 Å². The van der Waals surface area contributed by atoms with Crippen LogP contribution in [0.25, 0.3) is 0 Å². The van der Waals surface area contributed by atoms with Crippen LogP contribution in [0, 0.1) is 6.92 Å². The molecule has 3 heteroatoms. The molecule has 0 aliphatic heterocycles. The lowest BCUT2D eigenvalue weighted by Crippen LogP contribution is -2.34. The fourth-order valence-electron chi connectivity index (χ4n) is 2.66. The van der Waals surface area contributed by atoms with Crippen molar-refractivity contribution in [3.8, 4) is 5.75 Å². The molecular formula is C20H25NO2. The molecule has 0 aliphatic rings. The molecule has 0 fully saturated rings. The Morgan fingerprint density at radius 2 is 1.87 bits per heavy atom. The van der Waals surface area contributed by atoms with Gasteiger partial charge in [0.15, 0.2) is 0 Å². The van der Waals surface area contributed by atoms with E-state index in [1.807, 2.05) is 43.3 Å². The molecule has 0 heterocycles. The standard InChI is InChI=1S/C20H25NO2/c1-15-13-18(11-12-19(15)23-3)14-20(22)21-16(2)9-10-17-7-5-4-6-8-17/h4-8,11-13,16H,9-10,14H2,1-3H3,(H,21,22). The molecule has 3 nitrogen and oxygen atoms in total. The summed E-state index contributed by atoms with van der Waals surface area (Å²) in [5, 5.41) is 3.08. The van der Waals surface area contributed by atoms with Gasteiger partial charge in [-0.3, -0.25) is 4.79 Å². The number of rotatable bonds is 7. The molecule has 1 N–H and O–H groups in total. The van der Waals surface area contributed by atoms with Crippen molar-refractivity contribution in [2.24, 2.45) is 0 Å². The van der Waals surface area contributed by atoms with Crippen LogP contribution in [0.5, 0.6) is 5.75 Å². The van der Waals surface area contributed by atoms with Crippen molar-refractivity contribution in [3.05, 3.63) is 65.2 Å². The molecule has 0 saturated carbocycles. The number of methoxy groups -OCH3 is 1. The molecule has 1 amide bonds. The summed E-state index contributed by atoms with van der Waals surface area (Å²) in [6.45, 7) is 4.04. The first kappa shape index (κ1) is 17.1. The maximum absolute atomic E-state index is 12.2. The molecule has 0 radical (unpaired) electrons. The molecule has 2 aromatic carbocycles. The van der Waals surface area contributed by atoms with E-state index < -0.39 is 0 Å². The van der Waals surface area contributed by atoms with Gasteiger partial charge in [-0.05, 0) is 49.4 Å². The van der Waals surface area contributed by atoms with E-state index in [0.717, 1.165) is 29.7 Å². The van der Waals surface area contributed by atoms with Crippen LogP contribution in [0.3, 0.4) is 0 Å². The van der Waals surface area contributed by atoms with Crippen LogP contribution in [-0.2, 0) is 17.6 Å². The van der Waals surface area contributed by atoms with Crippen LogP contribution in [0.2, 0.25) is 0 Å². The van der Waals surface area contributed by atoms with Crippen LogP contribution >= 0.6 is 0 Å². The van der Waals surface area contributed by atoms with E-state index in [-0.39, 0.29) is 11.9 Å². The Bertz CT molecular complexity index is 637. The maximum atomic E-state index is 12.2. The molecule has 0 aliphatic carbocycles. The summed E-state index contributed by atoms with van der Waals surface area (Å²) in [4.78, 5) is 12.2. The third kappa shape index (κ3) is 5.44. The fraction of sp³-hybridized carbons (Fsp3) is 0.350. The van der Waals surface area contributed by atoms with Crippen molar-refractivity contribution >= 4 is 5.91 Å². The summed E-state index contributed by atoms with van der Waals surface area (Å²) >= 11 is 0. The van der Waals surface area contributed by atoms with Gasteiger partial charge in [0.25, 0.3) is 0 Å². The largest absolute Gasteiger partial charge is 0.496 e.